The number of anilines is 1. The van der Waals surface area contributed by atoms with E-state index in [0.29, 0.717) is 5.15 Å². The van der Waals surface area contributed by atoms with Crippen LogP contribution < -0.4 is 5.32 Å². The van der Waals surface area contributed by atoms with Gasteiger partial charge >= 0.3 is 0 Å². The van der Waals surface area contributed by atoms with E-state index in [2.05, 4.69) is 35.2 Å². The molecular formula is C15H20ClN3O. The maximum Gasteiger partial charge on any atom is 0.137 e. The summed E-state index contributed by atoms with van der Waals surface area (Å²) >= 11 is 6.16. The van der Waals surface area contributed by atoms with Crippen LogP contribution in [-0.2, 0) is 6.42 Å². The number of aryl methyl sites for hydroxylation is 2. The summed E-state index contributed by atoms with van der Waals surface area (Å²) in [7, 11) is 0. The minimum Gasteiger partial charge on any atom is -0.466 e. The van der Waals surface area contributed by atoms with E-state index < -0.39 is 0 Å². The summed E-state index contributed by atoms with van der Waals surface area (Å²) < 4.78 is 5.58. The molecule has 0 fully saturated rings. The topological polar surface area (TPSA) is 51.0 Å². The molecule has 4 nitrogen and oxygen atoms in total. The van der Waals surface area contributed by atoms with Crippen LogP contribution in [-0.4, -0.2) is 9.97 Å². The van der Waals surface area contributed by atoms with Crippen molar-refractivity contribution in [3.63, 3.8) is 0 Å². The Morgan fingerprint density at radius 3 is 2.70 bits per heavy atom. The Hall–Kier alpha value is -1.55. The van der Waals surface area contributed by atoms with E-state index in [-0.39, 0.29) is 6.04 Å². The highest BCUT2D eigenvalue weighted by Gasteiger charge is 2.16. The van der Waals surface area contributed by atoms with Crippen molar-refractivity contribution in [2.24, 2.45) is 0 Å². The minimum absolute atomic E-state index is 0.106. The number of halogens is 1. The van der Waals surface area contributed by atoms with Gasteiger partial charge in [0, 0.05) is 11.1 Å². The normalized spacial score (nSPS) is 12.4. The molecule has 0 saturated carbocycles. The molecule has 0 bridgehead atoms. The average molecular weight is 294 g/mol. The number of furan rings is 1. The first-order valence-electron chi connectivity index (χ1n) is 6.85. The van der Waals surface area contributed by atoms with Gasteiger partial charge in [-0.05, 0) is 33.3 Å². The second-order valence-corrected chi connectivity index (χ2v) is 5.33. The largest absolute Gasteiger partial charge is 0.466 e. The van der Waals surface area contributed by atoms with Crippen molar-refractivity contribution < 1.29 is 4.42 Å². The highest BCUT2D eigenvalue weighted by molar-refractivity contribution is 6.30. The summed E-state index contributed by atoms with van der Waals surface area (Å²) in [5.74, 6) is 2.65. The van der Waals surface area contributed by atoms with Gasteiger partial charge in [-0.15, -0.1) is 0 Å². The Morgan fingerprint density at radius 1 is 1.35 bits per heavy atom. The Labute approximate surface area is 124 Å². The fourth-order valence-corrected chi connectivity index (χ4v) is 2.58. The van der Waals surface area contributed by atoms with Crippen LogP contribution in [0.4, 0.5) is 5.82 Å². The molecule has 5 heteroatoms. The predicted molar refractivity (Wildman–Crippen MR) is 81.3 cm³/mol. The monoisotopic (exact) mass is 293 g/mol. The zero-order valence-electron chi connectivity index (χ0n) is 12.3. The van der Waals surface area contributed by atoms with Gasteiger partial charge in [-0.3, -0.25) is 0 Å². The van der Waals surface area contributed by atoms with E-state index in [1.54, 1.807) is 0 Å². The lowest BCUT2D eigenvalue weighted by molar-refractivity contribution is 0.499. The molecule has 1 N–H and O–H groups in total. The van der Waals surface area contributed by atoms with E-state index in [1.165, 1.54) is 6.33 Å². The van der Waals surface area contributed by atoms with Gasteiger partial charge < -0.3 is 9.73 Å². The van der Waals surface area contributed by atoms with Crippen molar-refractivity contribution in [2.75, 3.05) is 5.32 Å². The zero-order chi connectivity index (χ0) is 14.7. The van der Waals surface area contributed by atoms with Crippen molar-refractivity contribution in [3.8, 4) is 0 Å². The number of nitrogens with one attached hydrogen (secondary N) is 1. The van der Waals surface area contributed by atoms with Crippen molar-refractivity contribution in [3.05, 3.63) is 40.2 Å². The standard InChI is InChI=1S/C15H20ClN3O/c1-5-6-12-14(16)17-8-18-15(12)19-10(3)13-7-9(2)20-11(13)4/h7-8,10H,5-6H2,1-4H3,(H,17,18,19). The summed E-state index contributed by atoms with van der Waals surface area (Å²) in [5, 5.41) is 3.94. The highest BCUT2D eigenvalue weighted by Crippen LogP contribution is 2.28. The second-order valence-electron chi connectivity index (χ2n) is 4.98. The van der Waals surface area contributed by atoms with Gasteiger partial charge in [0.25, 0.3) is 0 Å². The highest BCUT2D eigenvalue weighted by atomic mass is 35.5. The van der Waals surface area contributed by atoms with E-state index in [9.17, 15) is 0 Å². The molecule has 0 aliphatic rings. The molecule has 1 unspecified atom stereocenters. The van der Waals surface area contributed by atoms with Crippen LogP contribution in [0.3, 0.4) is 0 Å². The molecule has 1 atom stereocenters. The second kappa shape index (κ2) is 6.27. The molecule has 0 spiro atoms. The molecule has 2 rings (SSSR count). The van der Waals surface area contributed by atoms with Gasteiger partial charge in [0.15, 0.2) is 0 Å². The molecular weight excluding hydrogens is 274 g/mol. The third-order valence-corrected chi connectivity index (χ3v) is 3.62. The molecule has 2 aromatic rings. The van der Waals surface area contributed by atoms with E-state index in [0.717, 1.165) is 41.3 Å². The number of rotatable bonds is 5. The maximum absolute atomic E-state index is 6.16. The third-order valence-electron chi connectivity index (χ3n) is 3.29. The molecule has 0 saturated heterocycles. The molecule has 108 valence electrons. The van der Waals surface area contributed by atoms with Gasteiger partial charge in [0.2, 0.25) is 0 Å². The van der Waals surface area contributed by atoms with E-state index in [1.807, 2.05) is 13.8 Å². The molecule has 0 aliphatic carbocycles. The Bertz CT molecular complexity index is 595. The van der Waals surface area contributed by atoms with Crippen LogP contribution in [0.5, 0.6) is 0 Å². The van der Waals surface area contributed by atoms with Crippen LogP contribution in [0.25, 0.3) is 0 Å². The number of hydrogen-bond donors (Lipinski definition) is 1. The summed E-state index contributed by atoms with van der Waals surface area (Å²) in [6.07, 6.45) is 3.35. The van der Waals surface area contributed by atoms with Crippen LogP contribution in [0.1, 0.15) is 49.0 Å². The zero-order valence-corrected chi connectivity index (χ0v) is 13.1. The number of aromatic nitrogens is 2. The lowest BCUT2D eigenvalue weighted by atomic mass is 10.1. The molecule has 2 heterocycles. The molecule has 0 radical (unpaired) electrons. The maximum atomic E-state index is 6.16. The van der Waals surface area contributed by atoms with Crippen molar-refractivity contribution >= 4 is 17.4 Å². The lowest BCUT2D eigenvalue weighted by Gasteiger charge is -2.17. The third kappa shape index (κ3) is 3.12. The molecule has 0 aliphatic heterocycles. The fourth-order valence-electron chi connectivity index (χ4n) is 2.35. The van der Waals surface area contributed by atoms with E-state index >= 15 is 0 Å². The predicted octanol–water partition coefficient (Wildman–Crippen LogP) is 4.47. The molecule has 0 aromatic carbocycles. The Morgan fingerprint density at radius 2 is 2.10 bits per heavy atom. The van der Waals surface area contributed by atoms with Crippen LogP contribution in [0.2, 0.25) is 5.15 Å². The van der Waals surface area contributed by atoms with Gasteiger partial charge in [-0.1, -0.05) is 24.9 Å². The Balaban J connectivity index is 2.25. The average Bonchev–Trinajstić information content (AvgIpc) is 2.73. The van der Waals surface area contributed by atoms with Crippen LogP contribution in [0, 0.1) is 13.8 Å². The van der Waals surface area contributed by atoms with Crippen molar-refractivity contribution in [2.45, 2.75) is 46.6 Å². The summed E-state index contributed by atoms with van der Waals surface area (Å²) in [4.78, 5) is 8.38. The van der Waals surface area contributed by atoms with Crippen LogP contribution >= 0.6 is 11.6 Å². The molecule has 20 heavy (non-hydrogen) atoms. The SMILES string of the molecule is CCCc1c(Cl)ncnc1NC(C)c1cc(C)oc1C. The first kappa shape index (κ1) is 14.9. The summed E-state index contributed by atoms with van der Waals surface area (Å²) in [5.41, 5.74) is 2.11. The number of nitrogens with zero attached hydrogens (tertiary/aromatic N) is 2. The lowest BCUT2D eigenvalue weighted by Crippen LogP contribution is -2.11. The quantitative estimate of drug-likeness (QED) is 0.827. The van der Waals surface area contributed by atoms with Gasteiger partial charge in [0.1, 0.15) is 28.8 Å². The first-order valence-corrected chi connectivity index (χ1v) is 7.23. The van der Waals surface area contributed by atoms with Crippen LogP contribution in [0.15, 0.2) is 16.8 Å². The van der Waals surface area contributed by atoms with Gasteiger partial charge in [-0.25, -0.2) is 9.97 Å². The van der Waals surface area contributed by atoms with Crippen molar-refractivity contribution in [1.29, 1.82) is 0 Å². The number of hydrogen-bond acceptors (Lipinski definition) is 4. The van der Waals surface area contributed by atoms with Gasteiger partial charge in [-0.2, -0.15) is 0 Å². The summed E-state index contributed by atoms with van der Waals surface area (Å²) in [6, 6.07) is 2.16. The van der Waals surface area contributed by atoms with E-state index in [4.69, 9.17) is 16.0 Å². The van der Waals surface area contributed by atoms with Gasteiger partial charge in [0.05, 0.1) is 6.04 Å². The van der Waals surface area contributed by atoms with Crippen molar-refractivity contribution in [1.82, 2.24) is 9.97 Å². The molecule has 0 amide bonds. The fraction of sp³-hybridized carbons (Fsp3) is 0.467. The minimum atomic E-state index is 0.106. The molecule has 2 aromatic heterocycles. The first-order chi connectivity index (χ1) is 9.52. The summed E-state index contributed by atoms with van der Waals surface area (Å²) in [6.45, 7) is 8.12. The smallest absolute Gasteiger partial charge is 0.137 e. The Kier molecular flexibility index (Phi) is 4.65.